The number of aromatic nitrogens is 1. The SMILES string of the molecule is Cc1cc(C)c2nc(-c3ccc(Cl)cc3)cc(C(=O)Nc3cccc(Cl)c3)c2c1. The van der Waals surface area contributed by atoms with Crippen LogP contribution in [0.15, 0.2) is 66.7 Å². The highest BCUT2D eigenvalue weighted by Gasteiger charge is 2.16. The number of amides is 1. The van der Waals surface area contributed by atoms with E-state index in [0.717, 1.165) is 33.3 Å². The van der Waals surface area contributed by atoms with Crippen molar-refractivity contribution in [2.75, 3.05) is 5.32 Å². The summed E-state index contributed by atoms with van der Waals surface area (Å²) < 4.78 is 0. The number of carbonyl (C=O) groups is 1. The van der Waals surface area contributed by atoms with Gasteiger partial charge in [0.2, 0.25) is 0 Å². The third-order valence-corrected chi connectivity index (χ3v) is 5.20. The largest absolute Gasteiger partial charge is 0.322 e. The van der Waals surface area contributed by atoms with Crippen LogP contribution in [0.2, 0.25) is 10.0 Å². The van der Waals surface area contributed by atoms with E-state index in [1.54, 1.807) is 18.2 Å². The van der Waals surface area contributed by atoms with E-state index in [2.05, 4.69) is 11.4 Å². The first-order valence-electron chi connectivity index (χ1n) is 9.15. The Kier molecular flexibility index (Phi) is 5.27. The number of carbonyl (C=O) groups excluding carboxylic acids is 1. The lowest BCUT2D eigenvalue weighted by atomic mass is 9.99. The first-order valence-corrected chi connectivity index (χ1v) is 9.91. The van der Waals surface area contributed by atoms with Crippen molar-refractivity contribution in [2.45, 2.75) is 13.8 Å². The minimum absolute atomic E-state index is 0.208. The average molecular weight is 421 g/mol. The molecule has 0 radical (unpaired) electrons. The summed E-state index contributed by atoms with van der Waals surface area (Å²) in [7, 11) is 0. The predicted molar refractivity (Wildman–Crippen MR) is 121 cm³/mol. The molecule has 144 valence electrons. The van der Waals surface area contributed by atoms with Gasteiger partial charge in [0.15, 0.2) is 0 Å². The topological polar surface area (TPSA) is 42.0 Å². The van der Waals surface area contributed by atoms with Gasteiger partial charge in [0.1, 0.15) is 0 Å². The number of pyridine rings is 1. The number of benzene rings is 3. The second kappa shape index (κ2) is 7.86. The predicted octanol–water partition coefficient (Wildman–Crippen LogP) is 7.08. The lowest BCUT2D eigenvalue weighted by Crippen LogP contribution is -2.13. The average Bonchev–Trinajstić information content (AvgIpc) is 2.68. The van der Waals surface area contributed by atoms with E-state index in [9.17, 15) is 4.79 Å². The van der Waals surface area contributed by atoms with Gasteiger partial charge in [-0.25, -0.2) is 4.98 Å². The summed E-state index contributed by atoms with van der Waals surface area (Å²) in [6.07, 6.45) is 0. The number of fused-ring (bicyclic) bond motifs is 1. The van der Waals surface area contributed by atoms with Gasteiger partial charge in [0.25, 0.3) is 5.91 Å². The molecule has 0 spiro atoms. The zero-order chi connectivity index (χ0) is 20.5. The molecule has 1 N–H and O–H groups in total. The van der Waals surface area contributed by atoms with Crippen molar-refractivity contribution < 1.29 is 4.79 Å². The number of nitrogens with one attached hydrogen (secondary N) is 1. The van der Waals surface area contributed by atoms with Crippen molar-refractivity contribution in [1.29, 1.82) is 0 Å². The molecule has 0 saturated carbocycles. The molecule has 0 unspecified atom stereocenters. The summed E-state index contributed by atoms with van der Waals surface area (Å²) in [4.78, 5) is 18.0. The molecule has 1 amide bonds. The highest BCUT2D eigenvalue weighted by Crippen LogP contribution is 2.29. The monoisotopic (exact) mass is 420 g/mol. The maximum Gasteiger partial charge on any atom is 0.256 e. The van der Waals surface area contributed by atoms with Gasteiger partial charge < -0.3 is 5.32 Å². The third-order valence-electron chi connectivity index (χ3n) is 4.72. The van der Waals surface area contributed by atoms with E-state index in [4.69, 9.17) is 28.2 Å². The van der Waals surface area contributed by atoms with E-state index >= 15 is 0 Å². The van der Waals surface area contributed by atoms with Gasteiger partial charge >= 0.3 is 0 Å². The van der Waals surface area contributed by atoms with Gasteiger partial charge in [0.05, 0.1) is 16.8 Å². The van der Waals surface area contributed by atoms with Gasteiger partial charge in [-0.1, -0.05) is 53.0 Å². The second-order valence-corrected chi connectivity index (χ2v) is 7.88. The van der Waals surface area contributed by atoms with E-state index in [1.807, 2.05) is 56.3 Å². The Labute approximate surface area is 179 Å². The maximum atomic E-state index is 13.2. The van der Waals surface area contributed by atoms with Crippen LogP contribution in [0.3, 0.4) is 0 Å². The highest BCUT2D eigenvalue weighted by atomic mass is 35.5. The van der Waals surface area contributed by atoms with Gasteiger partial charge in [-0.15, -0.1) is 0 Å². The first kappa shape index (κ1) is 19.4. The van der Waals surface area contributed by atoms with Crippen molar-refractivity contribution in [3.05, 3.63) is 93.5 Å². The molecular weight excluding hydrogens is 403 g/mol. The molecule has 5 heteroatoms. The van der Waals surface area contributed by atoms with Crippen molar-refractivity contribution in [3.8, 4) is 11.3 Å². The molecule has 4 rings (SSSR count). The van der Waals surface area contributed by atoms with E-state index in [1.165, 1.54) is 0 Å². The van der Waals surface area contributed by atoms with Crippen LogP contribution in [0.25, 0.3) is 22.2 Å². The Morgan fingerprint density at radius 1 is 0.897 bits per heavy atom. The maximum absolute atomic E-state index is 13.2. The van der Waals surface area contributed by atoms with Crippen molar-refractivity contribution in [3.63, 3.8) is 0 Å². The third kappa shape index (κ3) is 4.12. The molecule has 4 aromatic rings. The summed E-state index contributed by atoms with van der Waals surface area (Å²) in [5, 5.41) is 4.98. The minimum Gasteiger partial charge on any atom is -0.322 e. The second-order valence-electron chi connectivity index (χ2n) is 7.00. The zero-order valence-corrected chi connectivity index (χ0v) is 17.5. The lowest BCUT2D eigenvalue weighted by Gasteiger charge is -2.13. The van der Waals surface area contributed by atoms with Crippen molar-refractivity contribution >= 4 is 45.7 Å². The standard InChI is InChI=1S/C24H18Cl2N2O/c1-14-10-15(2)23-20(11-14)21(24(29)27-19-5-3-4-18(26)12-19)13-22(28-23)16-6-8-17(25)9-7-16/h3-13H,1-2H3,(H,27,29). The Morgan fingerprint density at radius 3 is 2.38 bits per heavy atom. The van der Waals surface area contributed by atoms with Crippen LogP contribution in [-0.4, -0.2) is 10.9 Å². The van der Waals surface area contributed by atoms with Crippen molar-refractivity contribution in [1.82, 2.24) is 4.98 Å². The molecule has 29 heavy (non-hydrogen) atoms. The number of nitrogens with zero attached hydrogens (tertiary/aromatic N) is 1. The fourth-order valence-electron chi connectivity index (χ4n) is 3.40. The molecule has 1 heterocycles. The van der Waals surface area contributed by atoms with Crippen LogP contribution in [0, 0.1) is 13.8 Å². The molecule has 1 aromatic heterocycles. The summed E-state index contributed by atoms with van der Waals surface area (Å²) in [5.41, 5.74) is 5.72. The van der Waals surface area contributed by atoms with E-state index < -0.39 is 0 Å². The van der Waals surface area contributed by atoms with E-state index in [-0.39, 0.29) is 5.91 Å². The van der Waals surface area contributed by atoms with Gasteiger partial charge in [-0.05, 0) is 61.9 Å². The first-order chi connectivity index (χ1) is 13.9. The quantitative estimate of drug-likeness (QED) is 0.384. The Balaban J connectivity index is 1.88. The molecule has 0 aliphatic carbocycles. The van der Waals surface area contributed by atoms with Crippen LogP contribution in [0.5, 0.6) is 0 Å². The summed E-state index contributed by atoms with van der Waals surface area (Å²) in [6, 6.07) is 20.4. The molecule has 3 aromatic carbocycles. The minimum atomic E-state index is -0.208. The van der Waals surface area contributed by atoms with E-state index in [0.29, 0.717) is 21.3 Å². The smallest absolute Gasteiger partial charge is 0.256 e. The number of aryl methyl sites for hydroxylation is 2. The molecule has 0 atom stereocenters. The normalized spacial score (nSPS) is 10.9. The summed E-state index contributed by atoms with van der Waals surface area (Å²) in [6.45, 7) is 4.02. The summed E-state index contributed by atoms with van der Waals surface area (Å²) in [5.74, 6) is -0.208. The molecular formula is C24H18Cl2N2O. The number of rotatable bonds is 3. The van der Waals surface area contributed by atoms with Gasteiger partial charge in [-0.2, -0.15) is 0 Å². The molecule has 3 nitrogen and oxygen atoms in total. The van der Waals surface area contributed by atoms with Crippen molar-refractivity contribution in [2.24, 2.45) is 0 Å². The number of anilines is 1. The molecule has 0 bridgehead atoms. The molecule has 0 aliphatic heterocycles. The lowest BCUT2D eigenvalue weighted by molar-refractivity contribution is 0.102. The Morgan fingerprint density at radius 2 is 1.66 bits per heavy atom. The highest BCUT2D eigenvalue weighted by molar-refractivity contribution is 6.31. The molecule has 0 aliphatic rings. The van der Waals surface area contributed by atoms with Crippen LogP contribution in [0.1, 0.15) is 21.5 Å². The number of halogens is 2. The number of hydrogen-bond donors (Lipinski definition) is 1. The van der Waals surface area contributed by atoms with Crippen LogP contribution >= 0.6 is 23.2 Å². The van der Waals surface area contributed by atoms with Crippen LogP contribution < -0.4 is 5.32 Å². The molecule has 0 saturated heterocycles. The number of hydrogen-bond acceptors (Lipinski definition) is 2. The Bertz CT molecular complexity index is 1230. The zero-order valence-electron chi connectivity index (χ0n) is 16.0. The fourth-order valence-corrected chi connectivity index (χ4v) is 3.72. The Hall–Kier alpha value is -2.88. The molecule has 0 fully saturated rings. The van der Waals surface area contributed by atoms with Crippen LogP contribution in [0.4, 0.5) is 5.69 Å². The van der Waals surface area contributed by atoms with Gasteiger partial charge in [0, 0.05) is 26.7 Å². The summed E-state index contributed by atoms with van der Waals surface area (Å²) >= 11 is 12.1. The fraction of sp³-hybridized carbons (Fsp3) is 0.0833. The van der Waals surface area contributed by atoms with Crippen LogP contribution in [-0.2, 0) is 0 Å². The van der Waals surface area contributed by atoms with Gasteiger partial charge in [-0.3, -0.25) is 4.79 Å².